The summed E-state index contributed by atoms with van der Waals surface area (Å²) in [5.74, 6) is -0.275. The van der Waals surface area contributed by atoms with Crippen LogP contribution in [-0.4, -0.2) is 94.1 Å². The van der Waals surface area contributed by atoms with E-state index in [2.05, 4.69) is 9.64 Å². The van der Waals surface area contributed by atoms with Crippen LogP contribution in [0.4, 0.5) is 13.2 Å². The van der Waals surface area contributed by atoms with Crippen molar-refractivity contribution in [1.82, 2.24) is 14.1 Å². The van der Waals surface area contributed by atoms with Crippen molar-refractivity contribution in [2.45, 2.75) is 31.3 Å². The molecule has 0 saturated carbocycles. The second-order valence-electron chi connectivity index (χ2n) is 7.75. The number of alkyl halides is 3. The molecule has 2 rings (SSSR count). The van der Waals surface area contributed by atoms with Crippen LogP contribution in [0.5, 0.6) is 0 Å². The normalized spacial score (nSPS) is 16.2. The number of sulfonamides is 1. The van der Waals surface area contributed by atoms with E-state index in [-0.39, 0.29) is 24.0 Å². The van der Waals surface area contributed by atoms with Crippen molar-refractivity contribution in [2.75, 3.05) is 59.5 Å². The van der Waals surface area contributed by atoms with Crippen LogP contribution in [0.3, 0.4) is 0 Å². The molecule has 1 aromatic carbocycles. The number of carbonyl (C=O) groups excluding carboxylic acids is 1. The lowest BCUT2D eigenvalue weighted by atomic mass is 10.1. The Morgan fingerprint density at radius 3 is 2.35 bits per heavy atom. The molecule has 1 aromatic rings. The maximum atomic E-state index is 12.8. The van der Waals surface area contributed by atoms with Crippen LogP contribution in [0.15, 0.2) is 23.1 Å². The fourth-order valence-corrected chi connectivity index (χ4v) is 4.43. The summed E-state index contributed by atoms with van der Waals surface area (Å²) in [6.45, 7) is 4.90. The number of rotatable bonds is 9. The van der Waals surface area contributed by atoms with Crippen LogP contribution in [0.1, 0.15) is 17.5 Å². The van der Waals surface area contributed by atoms with E-state index in [1.807, 2.05) is 13.8 Å². The monoisotopic (exact) mass is 465 g/mol. The van der Waals surface area contributed by atoms with E-state index in [0.29, 0.717) is 39.1 Å². The summed E-state index contributed by atoms with van der Waals surface area (Å²) in [6, 6.07) is 4.88. The van der Waals surface area contributed by atoms with Gasteiger partial charge in [0.2, 0.25) is 15.9 Å². The van der Waals surface area contributed by atoms with Crippen LogP contribution < -0.4 is 0 Å². The molecule has 31 heavy (non-hydrogen) atoms. The van der Waals surface area contributed by atoms with Crippen molar-refractivity contribution in [1.29, 1.82) is 0 Å². The molecule has 1 aliphatic rings. The Morgan fingerprint density at radius 2 is 1.77 bits per heavy atom. The lowest BCUT2D eigenvalue weighted by molar-refractivity contribution is -0.174. The van der Waals surface area contributed by atoms with Gasteiger partial charge in [-0.3, -0.25) is 9.69 Å². The third kappa shape index (κ3) is 7.74. The number of halogens is 3. The largest absolute Gasteiger partial charge is 0.411 e. The van der Waals surface area contributed by atoms with E-state index in [1.165, 1.54) is 13.1 Å². The summed E-state index contributed by atoms with van der Waals surface area (Å²) in [5, 5.41) is 0. The standard InChI is InChI=1S/C20H30F3N3O4S/c1-16-5-6-18(13-17(16)2)31(28,29)24(3)14-19(27)26-10-8-25(9-11-26)7-4-12-30-15-20(21,22)23/h5-6,13H,4,7-12,14-15H2,1-3H3. The molecule has 0 bridgehead atoms. The topological polar surface area (TPSA) is 70.2 Å². The van der Waals surface area contributed by atoms with Crippen LogP contribution in [0.25, 0.3) is 0 Å². The smallest absolute Gasteiger partial charge is 0.372 e. The molecule has 0 unspecified atom stereocenters. The minimum atomic E-state index is -4.31. The van der Waals surface area contributed by atoms with E-state index in [1.54, 1.807) is 17.0 Å². The average molecular weight is 466 g/mol. The summed E-state index contributed by atoms with van der Waals surface area (Å²) >= 11 is 0. The zero-order valence-electron chi connectivity index (χ0n) is 18.1. The molecule has 0 atom stereocenters. The highest BCUT2D eigenvalue weighted by Crippen LogP contribution is 2.18. The van der Waals surface area contributed by atoms with Gasteiger partial charge < -0.3 is 9.64 Å². The first kappa shape index (κ1) is 25.6. The van der Waals surface area contributed by atoms with Gasteiger partial charge in [0.05, 0.1) is 11.4 Å². The molecule has 1 amide bonds. The lowest BCUT2D eigenvalue weighted by Crippen LogP contribution is -2.51. The highest BCUT2D eigenvalue weighted by atomic mass is 32.2. The number of ether oxygens (including phenoxy) is 1. The third-order valence-electron chi connectivity index (χ3n) is 5.30. The molecule has 11 heteroatoms. The molecule has 1 saturated heterocycles. The van der Waals surface area contributed by atoms with Gasteiger partial charge in [0, 0.05) is 46.4 Å². The summed E-state index contributed by atoms with van der Waals surface area (Å²) in [5.41, 5.74) is 1.85. The van der Waals surface area contributed by atoms with E-state index < -0.39 is 22.8 Å². The molecule has 7 nitrogen and oxygen atoms in total. The van der Waals surface area contributed by atoms with Gasteiger partial charge in [0.25, 0.3) is 0 Å². The number of hydrogen-bond acceptors (Lipinski definition) is 5. The van der Waals surface area contributed by atoms with E-state index in [4.69, 9.17) is 0 Å². The molecular weight excluding hydrogens is 435 g/mol. The van der Waals surface area contributed by atoms with Crippen LogP contribution in [-0.2, 0) is 19.6 Å². The van der Waals surface area contributed by atoms with Crippen LogP contribution in [0.2, 0.25) is 0 Å². The number of hydrogen-bond donors (Lipinski definition) is 0. The summed E-state index contributed by atoms with van der Waals surface area (Å²) in [4.78, 5) is 16.4. The van der Waals surface area contributed by atoms with Gasteiger partial charge in [-0.25, -0.2) is 8.42 Å². The minimum absolute atomic E-state index is 0.0276. The molecule has 0 aromatic heterocycles. The first-order chi connectivity index (χ1) is 14.4. The molecule has 0 spiro atoms. The minimum Gasteiger partial charge on any atom is -0.372 e. The number of amides is 1. The Balaban J connectivity index is 1.77. The molecule has 0 aliphatic carbocycles. The molecule has 1 heterocycles. The zero-order valence-corrected chi connectivity index (χ0v) is 18.9. The lowest BCUT2D eigenvalue weighted by Gasteiger charge is -2.35. The highest BCUT2D eigenvalue weighted by molar-refractivity contribution is 7.89. The van der Waals surface area contributed by atoms with Gasteiger partial charge in [-0.1, -0.05) is 6.07 Å². The molecular formula is C20H30F3N3O4S. The van der Waals surface area contributed by atoms with Crippen molar-refractivity contribution in [3.05, 3.63) is 29.3 Å². The number of nitrogens with zero attached hydrogens (tertiary/aromatic N) is 3. The number of piperazine rings is 1. The summed E-state index contributed by atoms with van der Waals surface area (Å²) in [7, 11) is -2.38. The van der Waals surface area contributed by atoms with Gasteiger partial charge in [0.15, 0.2) is 0 Å². The number of aryl methyl sites for hydroxylation is 2. The first-order valence-corrected chi connectivity index (χ1v) is 11.5. The van der Waals surface area contributed by atoms with Crippen LogP contribution >= 0.6 is 0 Å². The molecule has 1 aliphatic heterocycles. The van der Waals surface area contributed by atoms with Gasteiger partial charge in [0.1, 0.15) is 6.61 Å². The summed E-state index contributed by atoms with van der Waals surface area (Å²) in [6.07, 6.45) is -3.84. The Kier molecular flexibility index (Phi) is 8.87. The molecule has 1 fully saturated rings. The van der Waals surface area contributed by atoms with E-state index >= 15 is 0 Å². The van der Waals surface area contributed by atoms with Crippen molar-refractivity contribution >= 4 is 15.9 Å². The van der Waals surface area contributed by atoms with Crippen molar-refractivity contribution in [3.63, 3.8) is 0 Å². The van der Waals surface area contributed by atoms with Gasteiger partial charge in [-0.2, -0.15) is 17.5 Å². The fraction of sp³-hybridized carbons (Fsp3) is 0.650. The number of likely N-dealkylation sites (N-methyl/N-ethyl adjacent to an activating group) is 1. The van der Waals surface area contributed by atoms with Crippen molar-refractivity contribution in [2.24, 2.45) is 0 Å². The fourth-order valence-electron chi connectivity index (χ4n) is 3.23. The van der Waals surface area contributed by atoms with E-state index in [9.17, 15) is 26.4 Å². The second kappa shape index (κ2) is 10.8. The molecule has 0 radical (unpaired) electrons. The molecule has 0 N–H and O–H groups in total. The van der Waals surface area contributed by atoms with Crippen LogP contribution in [0, 0.1) is 13.8 Å². The molecule has 176 valence electrons. The quantitative estimate of drug-likeness (QED) is 0.522. The summed E-state index contributed by atoms with van der Waals surface area (Å²) < 4.78 is 67.3. The predicted octanol–water partition coefficient (Wildman–Crippen LogP) is 2.04. The average Bonchev–Trinajstić information content (AvgIpc) is 2.69. The number of benzene rings is 1. The predicted molar refractivity (Wildman–Crippen MR) is 110 cm³/mol. The third-order valence-corrected chi connectivity index (χ3v) is 7.10. The SMILES string of the molecule is Cc1ccc(S(=O)(=O)N(C)CC(=O)N2CCN(CCCOCC(F)(F)F)CC2)cc1C. The Hall–Kier alpha value is -1.69. The van der Waals surface area contributed by atoms with Gasteiger partial charge in [-0.15, -0.1) is 0 Å². The number of carbonyl (C=O) groups is 1. The highest BCUT2D eigenvalue weighted by Gasteiger charge is 2.28. The second-order valence-corrected chi connectivity index (χ2v) is 9.80. The van der Waals surface area contributed by atoms with E-state index in [0.717, 1.165) is 15.4 Å². The Bertz CT molecular complexity index is 854. The van der Waals surface area contributed by atoms with Gasteiger partial charge in [-0.05, 0) is 43.5 Å². The first-order valence-electron chi connectivity index (χ1n) is 10.1. The Labute approximate surface area is 181 Å². The Morgan fingerprint density at radius 1 is 1.13 bits per heavy atom. The zero-order chi connectivity index (χ0) is 23.2. The maximum absolute atomic E-state index is 12.8. The van der Waals surface area contributed by atoms with Crippen molar-refractivity contribution < 1.29 is 31.1 Å². The van der Waals surface area contributed by atoms with Gasteiger partial charge >= 0.3 is 6.18 Å². The van der Waals surface area contributed by atoms with Crippen molar-refractivity contribution in [3.8, 4) is 0 Å². The maximum Gasteiger partial charge on any atom is 0.411 e.